The van der Waals surface area contributed by atoms with Gasteiger partial charge in [-0.25, -0.2) is 8.42 Å². The average Bonchev–Trinajstić information content (AvgIpc) is 3.15. The second-order valence-corrected chi connectivity index (χ2v) is 11.0. The van der Waals surface area contributed by atoms with Crippen molar-refractivity contribution >= 4 is 10.0 Å². The topological polar surface area (TPSA) is 73.6 Å². The Bertz CT molecular complexity index is 1120. The molecule has 1 saturated heterocycles. The molecule has 1 aliphatic carbocycles. The van der Waals surface area contributed by atoms with Crippen LogP contribution in [0.25, 0.3) is 0 Å². The molecule has 2 fully saturated rings. The summed E-state index contributed by atoms with van der Waals surface area (Å²) in [5, 5.41) is 8.93. The number of fused-ring (bicyclic) bond motifs is 1. The lowest BCUT2D eigenvalue weighted by Gasteiger charge is -2.36. The summed E-state index contributed by atoms with van der Waals surface area (Å²) in [5.41, 5.74) is 3.23. The SMILES string of the molecule is N#Cc1ccc(S(=O)(=O)N2CCC(Oc3ccc4c(c3)CCN(C3CCC3)CC4)C2)cc1. The van der Waals surface area contributed by atoms with E-state index in [1.807, 2.05) is 12.1 Å². The highest BCUT2D eigenvalue weighted by Gasteiger charge is 2.34. The van der Waals surface area contributed by atoms with Gasteiger partial charge in [-0.05, 0) is 79.6 Å². The molecule has 168 valence electrons. The van der Waals surface area contributed by atoms with Gasteiger partial charge in [0.15, 0.2) is 0 Å². The molecular formula is C25H29N3O3S. The number of ether oxygens (including phenoxy) is 1. The molecule has 3 aliphatic rings. The maximum Gasteiger partial charge on any atom is 0.243 e. The Morgan fingerprint density at radius 2 is 1.69 bits per heavy atom. The van der Waals surface area contributed by atoms with Gasteiger partial charge in [-0.1, -0.05) is 12.5 Å². The van der Waals surface area contributed by atoms with Crippen molar-refractivity contribution in [3.05, 3.63) is 59.2 Å². The Kier molecular flexibility index (Phi) is 5.93. The van der Waals surface area contributed by atoms with Crippen LogP contribution < -0.4 is 4.74 Å². The fraction of sp³-hybridized carbons (Fsp3) is 0.480. The van der Waals surface area contributed by atoms with Crippen LogP contribution in [0.1, 0.15) is 42.4 Å². The summed E-state index contributed by atoms with van der Waals surface area (Å²) in [7, 11) is -3.58. The van der Waals surface area contributed by atoms with Gasteiger partial charge in [0, 0.05) is 25.7 Å². The molecule has 0 N–H and O–H groups in total. The van der Waals surface area contributed by atoms with Gasteiger partial charge in [0.1, 0.15) is 11.9 Å². The van der Waals surface area contributed by atoms with E-state index >= 15 is 0 Å². The summed E-state index contributed by atoms with van der Waals surface area (Å²) in [5.74, 6) is 0.837. The van der Waals surface area contributed by atoms with Crippen LogP contribution in [0.4, 0.5) is 0 Å². The molecule has 0 radical (unpaired) electrons. The van der Waals surface area contributed by atoms with Gasteiger partial charge >= 0.3 is 0 Å². The molecule has 1 atom stereocenters. The Labute approximate surface area is 190 Å². The van der Waals surface area contributed by atoms with Gasteiger partial charge < -0.3 is 4.74 Å². The van der Waals surface area contributed by atoms with Crippen molar-refractivity contribution in [3.8, 4) is 11.8 Å². The van der Waals surface area contributed by atoms with Crippen LogP contribution >= 0.6 is 0 Å². The molecule has 0 amide bonds. The van der Waals surface area contributed by atoms with Crippen LogP contribution in [0.15, 0.2) is 47.4 Å². The van der Waals surface area contributed by atoms with Crippen LogP contribution in [-0.2, 0) is 22.9 Å². The first-order chi connectivity index (χ1) is 15.5. The van der Waals surface area contributed by atoms with Crippen LogP contribution in [0.2, 0.25) is 0 Å². The molecule has 32 heavy (non-hydrogen) atoms. The molecule has 0 spiro atoms. The number of rotatable bonds is 5. The summed E-state index contributed by atoms with van der Waals surface area (Å²) in [6, 6.07) is 15.3. The van der Waals surface area contributed by atoms with Crippen molar-refractivity contribution in [2.75, 3.05) is 26.2 Å². The summed E-state index contributed by atoms with van der Waals surface area (Å²) in [4.78, 5) is 2.87. The van der Waals surface area contributed by atoms with Gasteiger partial charge in [-0.2, -0.15) is 9.57 Å². The minimum Gasteiger partial charge on any atom is -0.489 e. The molecule has 0 aromatic heterocycles. The van der Waals surface area contributed by atoms with E-state index in [0.29, 0.717) is 25.1 Å². The molecule has 1 saturated carbocycles. The highest BCUT2D eigenvalue weighted by molar-refractivity contribution is 7.89. The van der Waals surface area contributed by atoms with E-state index in [1.165, 1.54) is 46.8 Å². The minimum absolute atomic E-state index is 0.154. The number of nitriles is 1. The molecule has 5 rings (SSSR count). The zero-order valence-electron chi connectivity index (χ0n) is 18.2. The van der Waals surface area contributed by atoms with Gasteiger partial charge in [0.2, 0.25) is 10.0 Å². The first-order valence-corrected chi connectivity index (χ1v) is 13.0. The van der Waals surface area contributed by atoms with E-state index in [1.54, 1.807) is 12.1 Å². The monoisotopic (exact) mass is 451 g/mol. The van der Waals surface area contributed by atoms with E-state index < -0.39 is 10.0 Å². The molecule has 2 aliphatic heterocycles. The van der Waals surface area contributed by atoms with Crippen molar-refractivity contribution < 1.29 is 13.2 Å². The van der Waals surface area contributed by atoms with Crippen LogP contribution in [0, 0.1) is 11.3 Å². The second-order valence-electron chi connectivity index (χ2n) is 9.08. The Balaban J connectivity index is 1.22. The van der Waals surface area contributed by atoms with Gasteiger partial charge in [-0.3, -0.25) is 4.90 Å². The normalized spacial score (nSPS) is 22.5. The number of benzene rings is 2. The predicted octanol–water partition coefficient (Wildman–Crippen LogP) is 3.35. The first kappa shape index (κ1) is 21.4. The third-order valence-electron chi connectivity index (χ3n) is 7.14. The zero-order valence-corrected chi connectivity index (χ0v) is 19.1. The van der Waals surface area contributed by atoms with Gasteiger partial charge in [0.05, 0.1) is 23.1 Å². The van der Waals surface area contributed by atoms with Crippen molar-refractivity contribution in [2.45, 2.75) is 55.6 Å². The predicted molar refractivity (Wildman–Crippen MR) is 122 cm³/mol. The Morgan fingerprint density at radius 1 is 0.938 bits per heavy atom. The standard InChI is InChI=1S/C25H29N3O3S/c26-17-19-4-8-25(9-5-19)32(29,30)28-15-12-24(18-28)31-23-7-6-20-10-13-27(22-2-1-3-22)14-11-21(20)16-23/h4-9,16,22,24H,1-3,10-15,18H2. The molecule has 7 heteroatoms. The van der Waals surface area contributed by atoms with E-state index in [9.17, 15) is 8.42 Å². The van der Waals surface area contributed by atoms with E-state index in [0.717, 1.165) is 37.7 Å². The Morgan fingerprint density at radius 3 is 2.38 bits per heavy atom. The first-order valence-electron chi connectivity index (χ1n) is 11.6. The molecule has 0 bridgehead atoms. The lowest BCUT2D eigenvalue weighted by Crippen LogP contribution is -2.41. The largest absolute Gasteiger partial charge is 0.489 e. The molecule has 2 aromatic carbocycles. The lowest BCUT2D eigenvalue weighted by atomic mass is 9.91. The Hall–Kier alpha value is -2.40. The summed E-state index contributed by atoms with van der Waals surface area (Å²) >= 11 is 0. The molecule has 6 nitrogen and oxygen atoms in total. The van der Waals surface area contributed by atoms with E-state index in [-0.39, 0.29) is 11.0 Å². The van der Waals surface area contributed by atoms with Crippen molar-refractivity contribution in [3.63, 3.8) is 0 Å². The molecule has 2 heterocycles. The summed E-state index contributed by atoms with van der Waals surface area (Å²) in [6.45, 7) is 3.03. The van der Waals surface area contributed by atoms with Crippen molar-refractivity contribution in [1.29, 1.82) is 5.26 Å². The fourth-order valence-electron chi connectivity index (χ4n) is 4.96. The van der Waals surface area contributed by atoms with Crippen LogP contribution in [0.3, 0.4) is 0 Å². The summed E-state index contributed by atoms with van der Waals surface area (Å²) in [6.07, 6.45) is 6.70. The summed E-state index contributed by atoms with van der Waals surface area (Å²) < 4.78 is 33.6. The third kappa shape index (κ3) is 4.27. The number of sulfonamides is 1. The quantitative estimate of drug-likeness (QED) is 0.697. The third-order valence-corrected chi connectivity index (χ3v) is 9.02. The smallest absolute Gasteiger partial charge is 0.243 e. The maximum absolute atomic E-state index is 13.0. The van der Waals surface area contributed by atoms with Gasteiger partial charge in [0.25, 0.3) is 0 Å². The van der Waals surface area contributed by atoms with Crippen LogP contribution in [0.5, 0.6) is 5.75 Å². The molecular weight excluding hydrogens is 422 g/mol. The zero-order chi connectivity index (χ0) is 22.1. The average molecular weight is 452 g/mol. The number of hydrogen-bond donors (Lipinski definition) is 0. The highest BCUT2D eigenvalue weighted by atomic mass is 32.2. The highest BCUT2D eigenvalue weighted by Crippen LogP contribution is 2.30. The molecule has 1 unspecified atom stereocenters. The molecule has 2 aromatic rings. The van der Waals surface area contributed by atoms with Crippen molar-refractivity contribution in [2.24, 2.45) is 0 Å². The van der Waals surface area contributed by atoms with Gasteiger partial charge in [-0.15, -0.1) is 0 Å². The fourth-order valence-corrected chi connectivity index (χ4v) is 6.45. The lowest BCUT2D eigenvalue weighted by molar-refractivity contribution is 0.133. The van der Waals surface area contributed by atoms with E-state index in [4.69, 9.17) is 10.00 Å². The minimum atomic E-state index is -3.58. The maximum atomic E-state index is 13.0. The van der Waals surface area contributed by atoms with Crippen LogP contribution in [-0.4, -0.2) is 55.9 Å². The van der Waals surface area contributed by atoms with Crippen molar-refractivity contribution in [1.82, 2.24) is 9.21 Å². The van der Waals surface area contributed by atoms with E-state index in [2.05, 4.69) is 17.0 Å². The number of nitrogens with zero attached hydrogens (tertiary/aromatic N) is 3. The number of hydrogen-bond acceptors (Lipinski definition) is 5. The second kappa shape index (κ2) is 8.86.